The van der Waals surface area contributed by atoms with Gasteiger partial charge in [0, 0.05) is 18.4 Å². The van der Waals surface area contributed by atoms with Crippen LogP contribution < -0.4 is 11.1 Å². The molecule has 0 radical (unpaired) electrons. The molecule has 0 aliphatic heterocycles. The summed E-state index contributed by atoms with van der Waals surface area (Å²) in [6, 6.07) is 3.95. The van der Waals surface area contributed by atoms with Crippen molar-refractivity contribution < 1.29 is 0 Å². The molecule has 5 nitrogen and oxygen atoms in total. The van der Waals surface area contributed by atoms with Gasteiger partial charge < -0.3 is 11.1 Å². The predicted octanol–water partition coefficient (Wildman–Crippen LogP) is 2.03. The predicted molar refractivity (Wildman–Crippen MR) is 67.8 cm³/mol. The van der Waals surface area contributed by atoms with E-state index in [4.69, 9.17) is 17.3 Å². The fraction of sp³-hybridized carbons (Fsp3) is 0.182. The second-order valence-corrected chi connectivity index (χ2v) is 3.94. The topological polar surface area (TPSA) is 76.7 Å². The molecule has 0 amide bonds. The maximum atomic E-state index is 5.72. The number of pyridine rings is 1. The number of nitrogens with zero attached hydrogens (tertiary/aromatic N) is 3. The van der Waals surface area contributed by atoms with Gasteiger partial charge in [-0.1, -0.05) is 6.07 Å². The summed E-state index contributed by atoms with van der Waals surface area (Å²) in [6.07, 6.45) is 3.28. The summed E-state index contributed by atoms with van der Waals surface area (Å²) in [7, 11) is 0. The molecule has 0 fully saturated rings. The molecule has 0 saturated carbocycles. The first-order chi connectivity index (χ1) is 8.15. The molecule has 0 aliphatic rings. The van der Waals surface area contributed by atoms with Crippen LogP contribution in [0.15, 0.2) is 24.5 Å². The van der Waals surface area contributed by atoms with Crippen molar-refractivity contribution in [2.24, 2.45) is 0 Å². The van der Waals surface area contributed by atoms with E-state index in [2.05, 4.69) is 20.3 Å². The number of nitrogens with one attached hydrogen (secondary N) is 1. The monoisotopic (exact) mass is 249 g/mol. The number of nitrogens with two attached hydrogens (primary N) is 1. The van der Waals surface area contributed by atoms with Crippen LogP contribution in [0.5, 0.6) is 0 Å². The first kappa shape index (κ1) is 11.6. The molecule has 0 atom stereocenters. The largest absolute Gasteiger partial charge is 0.394 e. The molecule has 0 unspecified atom stereocenters. The summed E-state index contributed by atoms with van der Waals surface area (Å²) >= 11 is 5.69. The zero-order valence-corrected chi connectivity index (χ0v) is 10.1. The lowest BCUT2D eigenvalue weighted by Crippen LogP contribution is -2.05. The van der Waals surface area contributed by atoms with E-state index < -0.39 is 0 Å². The maximum Gasteiger partial charge on any atom is 0.224 e. The van der Waals surface area contributed by atoms with Crippen molar-refractivity contribution >= 4 is 23.1 Å². The Labute approximate surface area is 104 Å². The molecule has 0 bridgehead atoms. The number of halogens is 1. The van der Waals surface area contributed by atoms with E-state index >= 15 is 0 Å². The smallest absolute Gasteiger partial charge is 0.224 e. The van der Waals surface area contributed by atoms with Crippen molar-refractivity contribution in [3.05, 3.63) is 41.1 Å². The molecular weight excluding hydrogens is 238 g/mol. The van der Waals surface area contributed by atoms with E-state index in [1.165, 1.54) is 6.20 Å². The first-order valence-corrected chi connectivity index (χ1v) is 5.46. The Kier molecular flexibility index (Phi) is 3.39. The summed E-state index contributed by atoms with van der Waals surface area (Å²) in [6.45, 7) is 2.53. The van der Waals surface area contributed by atoms with E-state index in [1.807, 2.05) is 19.1 Å². The molecule has 2 aromatic rings. The molecule has 3 N–H and O–H groups in total. The Bertz CT molecular complexity index is 512. The van der Waals surface area contributed by atoms with E-state index in [1.54, 1.807) is 6.20 Å². The third kappa shape index (κ3) is 3.04. The van der Waals surface area contributed by atoms with Crippen LogP contribution in [0.25, 0.3) is 0 Å². The van der Waals surface area contributed by atoms with Crippen LogP contribution in [0, 0.1) is 6.92 Å². The lowest BCUT2D eigenvalue weighted by atomic mass is 10.2. The number of rotatable bonds is 3. The van der Waals surface area contributed by atoms with Crippen molar-refractivity contribution in [1.82, 2.24) is 15.0 Å². The fourth-order valence-electron chi connectivity index (χ4n) is 1.30. The second kappa shape index (κ2) is 4.97. The van der Waals surface area contributed by atoms with Crippen LogP contribution >= 0.6 is 11.6 Å². The van der Waals surface area contributed by atoms with Crippen LogP contribution in [0.4, 0.5) is 11.5 Å². The number of aromatic nitrogens is 3. The lowest BCUT2D eigenvalue weighted by molar-refractivity contribution is 1.06. The minimum Gasteiger partial charge on any atom is -0.394 e. The highest BCUT2D eigenvalue weighted by molar-refractivity contribution is 6.28. The SMILES string of the molecule is Cc1ccc(CNc2nc(Cl)ncc2N)cn1. The minimum atomic E-state index is 0.170. The van der Waals surface area contributed by atoms with Gasteiger partial charge in [-0.3, -0.25) is 4.98 Å². The Morgan fingerprint density at radius 2 is 2.12 bits per heavy atom. The Morgan fingerprint density at radius 1 is 1.29 bits per heavy atom. The zero-order chi connectivity index (χ0) is 12.3. The molecule has 2 rings (SSSR count). The molecule has 0 aromatic carbocycles. The molecular formula is C11H12ClN5. The first-order valence-electron chi connectivity index (χ1n) is 5.08. The van der Waals surface area contributed by atoms with Crippen LogP contribution in [-0.4, -0.2) is 15.0 Å². The molecule has 0 spiro atoms. The van der Waals surface area contributed by atoms with Gasteiger partial charge in [0.15, 0.2) is 5.82 Å². The van der Waals surface area contributed by atoms with Crippen molar-refractivity contribution in [1.29, 1.82) is 0 Å². The number of hydrogen-bond donors (Lipinski definition) is 2. The standard InChI is InChI=1S/C11H12ClN5/c1-7-2-3-8(4-14-7)5-15-10-9(13)6-16-11(12)17-10/h2-4,6H,5,13H2,1H3,(H,15,16,17). The van der Waals surface area contributed by atoms with Gasteiger partial charge in [-0.25, -0.2) is 4.98 Å². The highest BCUT2D eigenvalue weighted by atomic mass is 35.5. The molecule has 0 saturated heterocycles. The zero-order valence-electron chi connectivity index (χ0n) is 9.31. The molecule has 2 aromatic heterocycles. The Balaban J connectivity index is 2.07. The van der Waals surface area contributed by atoms with Crippen molar-refractivity contribution in [3.63, 3.8) is 0 Å². The Morgan fingerprint density at radius 3 is 2.82 bits per heavy atom. The van der Waals surface area contributed by atoms with Gasteiger partial charge >= 0.3 is 0 Å². The van der Waals surface area contributed by atoms with E-state index in [9.17, 15) is 0 Å². The van der Waals surface area contributed by atoms with Crippen molar-refractivity contribution in [2.45, 2.75) is 13.5 Å². The van der Waals surface area contributed by atoms with Gasteiger partial charge in [-0.15, -0.1) is 0 Å². The second-order valence-electron chi connectivity index (χ2n) is 3.60. The highest BCUT2D eigenvalue weighted by Gasteiger charge is 2.02. The van der Waals surface area contributed by atoms with E-state index in [0.29, 0.717) is 18.1 Å². The maximum absolute atomic E-state index is 5.72. The number of aryl methyl sites for hydroxylation is 1. The summed E-state index contributed by atoms with van der Waals surface area (Å²) in [5, 5.41) is 3.26. The lowest BCUT2D eigenvalue weighted by Gasteiger charge is -2.07. The Hall–Kier alpha value is -1.88. The van der Waals surface area contributed by atoms with Gasteiger partial charge in [0.2, 0.25) is 5.28 Å². The minimum absolute atomic E-state index is 0.170. The molecule has 88 valence electrons. The van der Waals surface area contributed by atoms with Crippen molar-refractivity contribution in [2.75, 3.05) is 11.1 Å². The number of nitrogen functional groups attached to an aromatic ring is 1. The van der Waals surface area contributed by atoms with Gasteiger partial charge in [-0.05, 0) is 30.2 Å². The highest BCUT2D eigenvalue weighted by Crippen LogP contribution is 2.16. The molecule has 17 heavy (non-hydrogen) atoms. The molecule has 6 heteroatoms. The summed E-state index contributed by atoms with van der Waals surface area (Å²) < 4.78 is 0. The van der Waals surface area contributed by atoms with Gasteiger partial charge in [0.05, 0.1) is 11.9 Å². The molecule has 2 heterocycles. The van der Waals surface area contributed by atoms with E-state index in [0.717, 1.165) is 11.3 Å². The average Bonchev–Trinajstić information content (AvgIpc) is 2.32. The third-order valence-electron chi connectivity index (χ3n) is 2.22. The normalized spacial score (nSPS) is 10.2. The fourth-order valence-corrected chi connectivity index (χ4v) is 1.43. The third-order valence-corrected chi connectivity index (χ3v) is 2.40. The summed E-state index contributed by atoms with van der Waals surface area (Å²) in [5.41, 5.74) is 8.21. The molecule has 0 aliphatic carbocycles. The average molecular weight is 250 g/mol. The number of hydrogen-bond acceptors (Lipinski definition) is 5. The summed E-state index contributed by atoms with van der Waals surface area (Å²) in [5.74, 6) is 0.533. The van der Waals surface area contributed by atoms with Crippen LogP contribution in [-0.2, 0) is 6.54 Å². The van der Waals surface area contributed by atoms with Crippen LogP contribution in [0.2, 0.25) is 5.28 Å². The van der Waals surface area contributed by atoms with Gasteiger partial charge in [-0.2, -0.15) is 4.98 Å². The van der Waals surface area contributed by atoms with E-state index in [-0.39, 0.29) is 5.28 Å². The van der Waals surface area contributed by atoms with Crippen LogP contribution in [0.1, 0.15) is 11.3 Å². The summed E-state index contributed by atoms with van der Waals surface area (Å²) in [4.78, 5) is 12.0. The van der Waals surface area contributed by atoms with Crippen LogP contribution in [0.3, 0.4) is 0 Å². The quantitative estimate of drug-likeness (QED) is 0.814. The van der Waals surface area contributed by atoms with Gasteiger partial charge in [0.1, 0.15) is 0 Å². The van der Waals surface area contributed by atoms with Gasteiger partial charge in [0.25, 0.3) is 0 Å². The number of anilines is 2. The van der Waals surface area contributed by atoms with Crippen molar-refractivity contribution in [3.8, 4) is 0 Å².